The highest BCUT2D eigenvalue weighted by Crippen LogP contribution is 2.36. The molecule has 2 rings (SSSR count). The quantitative estimate of drug-likeness (QED) is 0.324. The molecular weight excluding hydrogens is 395 g/mol. The van der Waals surface area contributed by atoms with Gasteiger partial charge in [0.1, 0.15) is 6.61 Å². The average molecular weight is 414 g/mol. The van der Waals surface area contributed by atoms with Crippen molar-refractivity contribution in [1.29, 1.82) is 0 Å². The maximum absolute atomic E-state index is 6.30. The van der Waals surface area contributed by atoms with E-state index in [2.05, 4.69) is 17.1 Å². The zero-order valence-electron chi connectivity index (χ0n) is 14.3. The minimum atomic E-state index is 0.341. The van der Waals surface area contributed by atoms with Crippen molar-refractivity contribution in [3.05, 3.63) is 69.2 Å². The van der Waals surface area contributed by atoms with Crippen LogP contribution < -0.4 is 14.9 Å². The second-order valence-electron chi connectivity index (χ2n) is 5.16. The van der Waals surface area contributed by atoms with Gasteiger partial charge < -0.3 is 14.9 Å². The summed E-state index contributed by atoms with van der Waals surface area (Å²) in [5.41, 5.74) is 4.48. The van der Waals surface area contributed by atoms with E-state index in [0.29, 0.717) is 46.3 Å². The molecule has 0 heterocycles. The second kappa shape index (κ2) is 10.3. The molecule has 138 valence electrons. The van der Waals surface area contributed by atoms with Gasteiger partial charge in [-0.15, -0.1) is 0 Å². The maximum Gasteiger partial charge on any atom is 0.180 e. The summed E-state index contributed by atoms with van der Waals surface area (Å²) < 4.78 is 11.2. The first-order valence-corrected chi connectivity index (χ1v) is 9.09. The molecule has 0 aliphatic heterocycles. The van der Waals surface area contributed by atoms with Crippen molar-refractivity contribution in [3.63, 3.8) is 0 Å². The average Bonchev–Trinajstić information content (AvgIpc) is 2.60. The molecular formula is C19H19Cl3N2O2. The topological polar surface area (TPSA) is 42.8 Å². The van der Waals surface area contributed by atoms with E-state index in [0.717, 1.165) is 11.1 Å². The van der Waals surface area contributed by atoms with E-state index in [1.807, 2.05) is 6.92 Å². The molecule has 0 spiro atoms. The van der Waals surface area contributed by atoms with Gasteiger partial charge in [0.2, 0.25) is 0 Å². The van der Waals surface area contributed by atoms with Crippen LogP contribution in [0.3, 0.4) is 0 Å². The molecule has 0 unspecified atom stereocenters. The van der Waals surface area contributed by atoms with Crippen LogP contribution in [-0.4, -0.2) is 19.4 Å². The van der Waals surface area contributed by atoms with Gasteiger partial charge in [-0.05, 0) is 36.8 Å². The van der Waals surface area contributed by atoms with Gasteiger partial charge in [-0.2, -0.15) is 5.10 Å². The number of rotatable bonds is 9. The molecule has 1 N–H and O–H groups in total. The molecule has 7 heteroatoms. The van der Waals surface area contributed by atoms with Crippen LogP contribution in [0.1, 0.15) is 18.1 Å². The van der Waals surface area contributed by atoms with Crippen LogP contribution >= 0.6 is 34.8 Å². The van der Waals surface area contributed by atoms with Crippen LogP contribution in [-0.2, 0) is 6.54 Å². The molecule has 0 amide bonds. The first-order chi connectivity index (χ1) is 12.6. The smallest absolute Gasteiger partial charge is 0.180 e. The lowest BCUT2D eigenvalue weighted by Gasteiger charge is -2.13. The number of hydrogen-bond donors (Lipinski definition) is 1. The van der Waals surface area contributed by atoms with Gasteiger partial charge in [0, 0.05) is 15.6 Å². The molecule has 0 radical (unpaired) electrons. The fourth-order valence-electron chi connectivity index (χ4n) is 2.15. The number of nitrogens with zero attached hydrogens (tertiary/aromatic N) is 1. The van der Waals surface area contributed by atoms with E-state index >= 15 is 0 Å². The Kier molecular flexibility index (Phi) is 8.10. The van der Waals surface area contributed by atoms with E-state index in [1.165, 1.54) is 0 Å². The summed E-state index contributed by atoms with van der Waals surface area (Å²) in [5.74, 6) is 1.04. The Bertz CT molecular complexity index is 774. The van der Waals surface area contributed by atoms with Crippen LogP contribution in [0.25, 0.3) is 0 Å². The molecule has 0 bridgehead atoms. The van der Waals surface area contributed by atoms with Crippen LogP contribution in [0.4, 0.5) is 0 Å². The highest BCUT2D eigenvalue weighted by atomic mass is 35.5. The van der Waals surface area contributed by atoms with Crippen LogP contribution in [0, 0.1) is 0 Å². The zero-order chi connectivity index (χ0) is 18.9. The van der Waals surface area contributed by atoms with Crippen molar-refractivity contribution in [3.8, 4) is 11.5 Å². The third-order valence-electron chi connectivity index (χ3n) is 3.30. The SMILES string of the molecule is C=CCOc1c(Cl)cc(/C=N\NCc2c(Cl)cccc2Cl)cc1OCC. The molecule has 26 heavy (non-hydrogen) atoms. The van der Waals surface area contributed by atoms with Crippen molar-refractivity contribution in [2.45, 2.75) is 13.5 Å². The van der Waals surface area contributed by atoms with Crippen molar-refractivity contribution in [2.75, 3.05) is 13.2 Å². The van der Waals surface area contributed by atoms with E-state index in [1.54, 1.807) is 42.6 Å². The minimum Gasteiger partial charge on any atom is -0.490 e. The fourth-order valence-corrected chi connectivity index (χ4v) is 2.96. The third-order valence-corrected chi connectivity index (χ3v) is 4.29. The molecule has 0 atom stereocenters. The summed E-state index contributed by atoms with van der Waals surface area (Å²) in [6.07, 6.45) is 3.28. The normalized spacial score (nSPS) is 10.8. The predicted molar refractivity (Wildman–Crippen MR) is 109 cm³/mol. The molecule has 0 saturated carbocycles. The standard InChI is InChI=1S/C19H19Cl3N2O2/c1-3-8-26-19-17(22)9-13(10-18(19)25-4-2)11-23-24-12-14-15(20)6-5-7-16(14)21/h3,5-7,9-11,24H,1,4,8,12H2,2H3/b23-11-. The van der Waals surface area contributed by atoms with E-state index in [-0.39, 0.29) is 0 Å². The van der Waals surface area contributed by atoms with Gasteiger partial charge in [0.05, 0.1) is 24.4 Å². The van der Waals surface area contributed by atoms with Crippen molar-refractivity contribution >= 4 is 41.0 Å². The second-order valence-corrected chi connectivity index (χ2v) is 6.38. The van der Waals surface area contributed by atoms with Crippen molar-refractivity contribution in [2.24, 2.45) is 5.10 Å². The molecule has 0 aromatic heterocycles. The molecule has 2 aromatic rings. The van der Waals surface area contributed by atoms with Gasteiger partial charge in [-0.25, -0.2) is 0 Å². The fraction of sp³-hybridized carbons (Fsp3) is 0.211. The number of ether oxygens (including phenoxy) is 2. The number of benzene rings is 2. The van der Waals surface area contributed by atoms with Crippen LogP contribution in [0.15, 0.2) is 48.1 Å². The Balaban J connectivity index is 2.10. The number of nitrogens with one attached hydrogen (secondary N) is 1. The summed E-state index contributed by atoms with van der Waals surface area (Å²) in [7, 11) is 0. The highest BCUT2D eigenvalue weighted by molar-refractivity contribution is 6.36. The molecule has 4 nitrogen and oxygen atoms in total. The summed E-state index contributed by atoms with van der Waals surface area (Å²) >= 11 is 18.6. The Morgan fingerprint density at radius 3 is 2.50 bits per heavy atom. The largest absolute Gasteiger partial charge is 0.490 e. The molecule has 0 aliphatic carbocycles. The van der Waals surface area contributed by atoms with Crippen LogP contribution in [0.5, 0.6) is 11.5 Å². The molecule has 0 fully saturated rings. The van der Waals surface area contributed by atoms with E-state index in [9.17, 15) is 0 Å². The lowest BCUT2D eigenvalue weighted by Crippen LogP contribution is -2.07. The lowest BCUT2D eigenvalue weighted by atomic mass is 10.2. The first kappa shape index (κ1) is 20.4. The summed E-state index contributed by atoms with van der Waals surface area (Å²) in [4.78, 5) is 0. The monoisotopic (exact) mass is 412 g/mol. The Morgan fingerprint density at radius 1 is 1.12 bits per heavy atom. The molecule has 0 aliphatic rings. The summed E-state index contributed by atoms with van der Waals surface area (Å²) in [5, 5.41) is 5.81. The van der Waals surface area contributed by atoms with Gasteiger partial charge in [0.25, 0.3) is 0 Å². The number of halogens is 3. The van der Waals surface area contributed by atoms with E-state index < -0.39 is 0 Å². The molecule has 0 saturated heterocycles. The van der Waals surface area contributed by atoms with Crippen molar-refractivity contribution < 1.29 is 9.47 Å². The zero-order valence-corrected chi connectivity index (χ0v) is 16.5. The third kappa shape index (κ3) is 5.56. The van der Waals surface area contributed by atoms with Gasteiger partial charge in [-0.1, -0.05) is 53.5 Å². The Morgan fingerprint density at radius 2 is 1.85 bits per heavy atom. The maximum atomic E-state index is 6.30. The summed E-state index contributed by atoms with van der Waals surface area (Å²) in [6, 6.07) is 8.91. The van der Waals surface area contributed by atoms with Crippen LogP contribution in [0.2, 0.25) is 15.1 Å². The van der Waals surface area contributed by atoms with Crippen molar-refractivity contribution in [1.82, 2.24) is 5.43 Å². The molecule has 2 aromatic carbocycles. The Hall–Kier alpha value is -1.88. The summed E-state index contributed by atoms with van der Waals surface area (Å²) in [6.45, 7) is 6.75. The Labute approximate surface area is 168 Å². The predicted octanol–water partition coefficient (Wildman–Crippen LogP) is 5.73. The van der Waals surface area contributed by atoms with Gasteiger partial charge in [-0.3, -0.25) is 0 Å². The number of hydrogen-bond acceptors (Lipinski definition) is 4. The number of hydrazone groups is 1. The van der Waals surface area contributed by atoms with E-state index in [4.69, 9.17) is 44.3 Å². The lowest BCUT2D eigenvalue weighted by molar-refractivity contribution is 0.297. The van der Waals surface area contributed by atoms with Gasteiger partial charge >= 0.3 is 0 Å². The first-order valence-electron chi connectivity index (χ1n) is 7.95. The van der Waals surface area contributed by atoms with Gasteiger partial charge in [0.15, 0.2) is 11.5 Å². The minimum absolute atomic E-state index is 0.341. The highest BCUT2D eigenvalue weighted by Gasteiger charge is 2.11.